The molecule has 6 rings (SSSR count). The minimum Gasteiger partial charge on any atom is -0.335 e. The van der Waals surface area contributed by atoms with Gasteiger partial charge >= 0.3 is 0 Å². The van der Waals surface area contributed by atoms with Crippen LogP contribution in [0.5, 0.6) is 0 Å². The summed E-state index contributed by atoms with van der Waals surface area (Å²) in [6.45, 7) is 3.15. The highest BCUT2D eigenvalue weighted by atomic mass is 32.2. The Morgan fingerprint density at radius 2 is 1.36 bits per heavy atom. The van der Waals surface area contributed by atoms with Crippen LogP contribution in [0.3, 0.4) is 0 Å². The minimum atomic E-state index is 0.957. The average molecular weight is 525 g/mol. The molecule has 1 aromatic heterocycles. The van der Waals surface area contributed by atoms with Gasteiger partial charge in [0, 0.05) is 17.5 Å². The van der Waals surface area contributed by atoms with E-state index in [0.717, 1.165) is 23.7 Å². The third kappa shape index (κ3) is 4.99. The van der Waals surface area contributed by atoms with E-state index in [4.69, 9.17) is 0 Å². The summed E-state index contributed by atoms with van der Waals surface area (Å²) in [4.78, 5) is 3.68. The Bertz CT molecular complexity index is 1630. The third-order valence-corrected chi connectivity index (χ3v) is 7.86. The summed E-state index contributed by atoms with van der Waals surface area (Å²) in [6, 6.07) is 38.3. The van der Waals surface area contributed by atoms with Gasteiger partial charge in [-0.2, -0.15) is 9.13 Å². The molecular formula is C35H30N3S+. The Kier molecular flexibility index (Phi) is 7.28. The van der Waals surface area contributed by atoms with Crippen molar-refractivity contribution in [2.24, 2.45) is 0 Å². The van der Waals surface area contributed by atoms with Gasteiger partial charge in [0.05, 0.1) is 10.7 Å². The van der Waals surface area contributed by atoms with Crippen molar-refractivity contribution in [2.75, 3.05) is 11.4 Å². The molecule has 3 nitrogen and oxygen atoms in total. The van der Waals surface area contributed by atoms with E-state index < -0.39 is 0 Å². The summed E-state index contributed by atoms with van der Waals surface area (Å²) in [5.41, 5.74) is 5.89. The zero-order valence-electron chi connectivity index (χ0n) is 21.9. The van der Waals surface area contributed by atoms with Gasteiger partial charge < -0.3 is 4.90 Å². The van der Waals surface area contributed by atoms with Crippen molar-refractivity contribution in [2.45, 2.75) is 11.8 Å². The van der Waals surface area contributed by atoms with Crippen LogP contribution in [0.1, 0.15) is 12.7 Å². The van der Waals surface area contributed by atoms with Crippen molar-refractivity contribution in [3.05, 3.63) is 157 Å². The maximum atomic E-state index is 2.36. The predicted octanol–water partition coefficient (Wildman–Crippen LogP) is 8.51. The topological polar surface area (TPSA) is 12.1 Å². The number of aromatic nitrogens is 2. The van der Waals surface area contributed by atoms with Crippen LogP contribution < -0.4 is 9.47 Å². The zero-order valence-corrected chi connectivity index (χ0v) is 22.7. The molecule has 4 heteroatoms. The van der Waals surface area contributed by atoms with Gasteiger partial charge in [-0.3, -0.25) is 0 Å². The van der Waals surface area contributed by atoms with Crippen LogP contribution in [0.25, 0.3) is 28.5 Å². The second-order valence-corrected chi connectivity index (χ2v) is 10.2. The fourth-order valence-corrected chi connectivity index (χ4v) is 6.15. The van der Waals surface area contributed by atoms with Gasteiger partial charge in [-0.1, -0.05) is 103 Å². The molecule has 0 amide bonds. The van der Waals surface area contributed by atoms with Gasteiger partial charge in [0.1, 0.15) is 11.4 Å². The molecule has 0 fully saturated rings. The smallest absolute Gasteiger partial charge is 0.292 e. The molecule has 0 spiro atoms. The monoisotopic (exact) mass is 524 g/mol. The fourth-order valence-electron chi connectivity index (χ4n) is 5.01. The highest BCUT2D eigenvalue weighted by molar-refractivity contribution is 8.03. The van der Waals surface area contributed by atoms with E-state index in [9.17, 15) is 0 Å². The van der Waals surface area contributed by atoms with E-state index in [0.29, 0.717) is 0 Å². The van der Waals surface area contributed by atoms with Crippen molar-refractivity contribution in [3.8, 4) is 11.4 Å². The molecule has 39 heavy (non-hydrogen) atoms. The number of hydrogen-bond acceptors (Lipinski definition) is 2. The number of rotatable bonds is 7. The number of benzene rings is 4. The normalized spacial score (nSPS) is 14.5. The first-order chi connectivity index (χ1) is 19.3. The van der Waals surface area contributed by atoms with Gasteiger partial charge in [-0.25, -0.2) is 0 Å². The number of fused-ring (bicyclic) bond motifs is 2. The first kappa shape index (κ1) is 24.8. The molecule has 0 radical (unpaired) electrons. The number of anilines is 1. The van der Waals surface area contributed by atoms with Gasteiger partial charge in [-0.05, 0) is 61.5 Å². The molecule has 1 aliphatic heterocycles. The number of hydrogen-bond donors (Lipinski definition) is 0. The lowest BCUT2D eigenvalue weighted by Gasteiger charge is -2.17. The predicted molar refractivity (Wildman–Crippen MR) is 166 cm³/mol. The maximum absolute atomic E-state index is 2.36. The molecule has 0 atom stereocenters. The molecule has 0 aliphatic carbocycles. The van der Waals surface area contributed by atoms with Crippen LogP contribution in [-0.4, -0.2) is 11.1 Å². The Labute approximate surface area is 234 Å². The average Bonchev–Trinajstić information content (AvgIpc) is 3.52. The number of imidazole rings is 1. The summed E-state index contributed by atoms with van der Waals surface area (Å²) in [5.74, 6) is 1.09. The van der Waals surface area contributed by atoms with Crippen molar-refractivity contribution in [1.82, 2.24) is 4.57 Å². The lowest BCUT2D eigenvalue weighted by molar-refractivity contribution is -0.570. The summed E-state index contributed by atoms with van der Waals surface area (Å²) < 4.78 is 4.64. The highest BCUT2D eigenvalue weighted by Crippen LogP contribution is 2.45. The third-order valence-electron chi connectivity index (χ3n) is 6.73. The highest BCUT2D eigenvalue weighted by Gasteiger charge is 2.25. The molecule has 190 valence electrons. The maximum Gasteiger partial charge on any atom is 0.292 e. The summed E-state index contributed by atoms with van der Waals surface area (Å²) >= 11 is 1.83. The molecule has 0 saturated carbocycles. The van der Waals surface area contributed by atoms with E-state index in [1.54, 1.807) is 0 Å². The van der Waals surface area contributed by atoms with E-state index >= 15 is 0 Å². The molecule has 0 bridgehead atoms. The number of allylic oxidation sites excluding steroid dienone is 6. The lowest BCUT2D eigenvalue weighted by atomic mass is 10.2. The van der Waals surface area contributed by atoms with Gasteiger partial charge in [0.15, 0.2) is 11.0 Å². The lowest BCUT2D eigenvalue weighted by Crippen LogP contribution is -2.33. The minimum absolute atomic E-state index is 0.957. The zero-order chi connectivity index (χ0) is 26.4. The SMILES string of the molecule is CCN1\C(=C/C=C/C=C/C=C/c2n(-c3ccccc3)c3ccccc3[n+]2-c2ccccc2)Sc2ccccc21. The number of para-hydroxylation sites is 5. The van der Waals surface area contributed by atoms with Crippen LogP contribution in [0.2, 0.25) is 0 Å². The number of thioether (sulfide) groups is 1. The van der Waals surface area contributed by atoms with Crippen LogP contribution >= 0.6 is 11.8 Å². The van der Waals surface area contributed by atoms with Crippen LogP contribution in [0, 0.1) is 0 Å². The van der Waals surface area contributed by atoms with Gasteiger partial charge in [-0.15, -0.1) is 0 Å². The van der Waals surface area contributed by atoms with Gasteiger partial charge in [0.25, 0.3) is 5.82 Å². The van der Waals surface area contributed by atoms with Crippen molar-refractivity contribution >= 4 is 34.6 Å². The Morgan fingerprint density at radius 3 is 2.18 bits per heavy atom. The van der Waals surface area contributed by atoms with Crippen LogP contribution in [0.15, 0.2) is 156 Å². The largest absolute Gasteiger partial charge is 0.335 e. The van der Waals surface area contributed by atoms with Gasteiger partial charge in [0.2, 0.25) is 0 Å². The first-order valence-corrected chi connectivity index (χ1v) is 14.1. The van der Waals surface area contributed by atoms with Crippen LogP contribution in [-0.2, 0) is 0 Å². The second kappa shape index (κ2) is 11.5. The summed E-state index contributed by atoms with van der Waals surface area (Å²) in [6.07, 6.45) is 14.9. The molecule has 2 heterocycles. The Morgan fingerprint density at radius 1 is 0.692 bits per heavy atom. The quantitative estimate of drug-likeness (QED) is 0.156. The molecule has 4 aromatic carbocycles. The van der Waals surface area contributed by atoms with E-state index in [2.05, 4.69) is 173 Å². The van der Waals surface area contributed by atoms with E-state index in [-0.39, 0.29) is 0 Å². The van der Waals surface area contributed by atoms with E-state index in [1.165, 1.54) is 26.6 Å². The summed E-state index contributed by atoms with van der Waals surface area (Å²) in [7, 11) is 0. The summed E-state index contributed by atoms with van der Waals surface area (Å²) in [5, 5.41) is 1.26. The second-order valence-electron chi connectivity index (χ2n) is 9.14. The van der Waals surface area contributed by atoms with Crippen LogP contribution in [0.4, 0.5) is 5.69 Å². The molecule has 1 aliphatic rings. The molecule has 0 saturated heterocycles. The van der Waals surface area contributed by atoms with Crippen molar-refractivity contribution < 1.29 is 4.57 Å². The molecule has 0 N–H and O–H groups in total. The standard InChI is InChI=1S/C35H30N3S/c1-2-36-32-24-16-17-25-33(32)39-35(36)27-13-5-3-4-12-26-34-37(28-18-8-6-9-19-28)30-22-14-15-23-31(30)38(34)29-20-10-7-11-21-29/h3-27H,2H2,1H3/q+1. The fraction of sp³-hybridized carbons (Fsp3) is 0.0571. The van der Waals surface area contributed by atoms with Crippen molar-refractivity contribution in [1.29, 1.82) is 0 Å². The van der Waals surface area contributed by atoms with E-state index in [1.807, 2.05) is 11.8 Å². The molecule has 0 unspecified atom stereocenters. The number of nitrogens with zero attached hydrogens (tertiary/aromatic N) is 3. The first-order valence-electron chi connectivity index (χ1n) is 13.3. The molecule has 5 aromatic rings. The Balaban J connectivity index is 1.31. The van der Waals surface area contributed by atoms with Crippen molar-refractivity contribution in [3.63, 3.8) is 0 Å². The molecular weight excluding hydrogens is 494 g/mol. The Hall–Kier alpha value is -4.54.